The van der Waals surface area contributed by atoms with Crippen molar-refractivity contribution in [3.05, 3.63) is 40.8 Å². The Morgan fingerprint density at radius 2 is 1.60 bits per heavy atom. The Morgan fingerprint density at radius 3 is 2.20 bits per heavy atom. The van der Waals surface area contributed by atoms with Crippen molar-refractivity contribution in [1.82, 2.24) is 0 Å². The summed E-state index contributed by atoms with van der Waals surface area (Å²) < 4.78 is 27.3. The molecule has 0 saturated heterocycles. The van der Waals surface area contributed by atoms with Crippen LogP contribution in [0, 0.1) is 12.3 Å². The molecule has 3 rings (SSSR count). The number of aromatic hydroxyl groups is 1. The molecule has 30 heavy (non-hydrogen) atoms. The molecule has 0 spiro atoms. The van der Waals surface area contributed by atoms with Crippen molar-refractivity contribution in [3.8, 4) is 52.2 Å². The highest BCUT2D eigenvalue weighted by molar-refractivity contribution is 5.89. The van der Waals surface area contributed by atoms with Crippen LogP contribution >= 0.6 is 0 Å². The molecule has 0 fully saturated rings. The van der Waals surface area contributed by atoms with Crippen LogP contribution in [-0.4, -0.2) is 32.0 Å². The van der Waals surface area contributed by atoms with Gasteiger partial charge in [0.15, 0.2) is 17.1 Å². The topological polar surface area (TPSA) is 87.4 Å². The summed E-state index contributed by atoms with van der Waals surface area (Å²) in [5.41, 5.74) is -0.562. The molecule has 0 saturated carbocycles. The molecule has 3 aromatic rings. The lowest BCUT2D eigenvalue weighted by molar-refractivity contribution is 0.172. The van der Waals surface area contributed by atoms with E-state index in [9.17, 15) is 9.90 Å². The van der Waals surface area contributed by atoms with E-state index in [4.69, 9.17) is 29.8 Å². The van der Waals surface area contributed by atoms with E-state index < -0.39 is 11.0 Å². The van der Waals surface area contributed by atoms with E-state index >= 15 is 0 Å². The van der Waals surface area contributed by atoms with E-state index in [-0.39, 0.29) is 28.0 Å². The minimum Gasteiger partial charge on any atom is -0.507 e. The third-order valence-corrected chi connectivity index (χ3v) is 4.55. The van der Waals surface area contributed by atoms with Gasteiger partial charge in [0.25, 0.3) is 0 Å². The molecule has 1 aromatic heterocycles. The van der Waals surface area contributed by atoms with Crippen LogP contribution in [0.2, 0.25) is 0 Å². The quantitative estimate of drug-likeness (QED) is 0.615. The normalized spacial score (nSPS) is 11.1. The maximum Gasteiger partial charge on any atom is 0.204 e. The van der Waals surface area contributed by atoms with Gasteiger partial charge in [0.2, 0.25) is 5.43 Å². The van der Waals surface area contributed by atoms with Gasteiger partial charge in [0.1, 0.15) is 34.5 Å². The molecule has 0 aliphatic heterocycles. The van der Waals surface area contributed by atoms with E-state index in [1.165, 1.54) is 39.7 Å². The summed E-state index contributed by atoms with van der Waals surface area (Å²) in [6.45, 7) is 3.41. The molecule has 2 aromatic carbocycles. The van der Waals surface area contributed by atoms with Crippen LogP contribution in [0.5, 0.6) is 28.7 Å². The number of hydrogen-bond donors (Lipinski definition) is 1. The highest BCUT2D eigenvalue weighted by atomic mass is 16.5. The minimum absolute atomic E-state index is 0.00945. The highest BCUT2D eigenvalue weighted by Crippen LogP contribution is 2.40. The molecule has 1 N–H and O–H groups in total. The maximum atomic E-state index is 13.2. The van der Waals surface area contributed by atoms with Crippen LogP contribution in [0.1, 0.15) is 13.8 Å². The van der Waals surface area contributed by atoms with Crippen LogP contribution in [0.25, 0.3) is 22.1 Å². The van der Waals surface area contributed by atoms with Gasteiger partial charge in [-0.25, -0.2) is 0 Å². The second kappa shape index (κ2) is 7.91. The molecule has 0 atom stereocenters. The van der Waals surface area contributed by atoms with Crippen molar-refractivity contribution in [2.24, 2.45) is 0 Å². The third kappa shape index (κ3) is 3.72. The first-order chi connectivity index (χ1) is 14.2. The van der Waals surface area contributed by atoms with Gasteiger partial charge in [-0.15, -0.1) is 6.42 Å². The van der Waals surface area contributed by atoms with E-state index in [2.05, 4.69) is 5.92 Å². The van der Waals surface area contributed by atoms with Gasteiger partial charge in [-0.3, -0.25) is 4.79 Å². The zero-order valence-electron chi connectivity index (χ0n) is 17.4. The first-order valence-corrected chi connectivity index (χ1v) is 9.00. The van der Waals surface area contributed by atoms with Crippen molar-refractivity contribution < 1.29 is 28.5 Å². The number of ether oxygens (including phenoxy) is 4. The molecule has 156 valence electrons. The Labute approximate surface area is 173 Å². The fourth-order valence-electron chi connectivity index (χ4n) is 3.02. The summed E-state index contributed by atoms with van der Waals surface area (Å²) in [4.78, 5) is 13.2. The van der Waals surface area contributed by atoms with Gasteiger partial charge < -0.3 is 28.5 Å². The molecule has 0 radical (unpaired) electrons. The molecule has 7 nitrogen and oxygen atoms in total. The Balaban J connectivity index is 2.21. The zero-order chi connectivity index (χ0) is 22.1. The number of phenols is 1. The third-order valence-electron chi connectivity index (χ3n) is 4.55. The predicted octanol–water partition coefficient (Wildman–Crippen LogP) is 3.98. The van der Waals surface area contributed by atoms with Crippen molar-refractivity contribution in [2.45, 2.75) is 19.4 Å². The number of phenolic OH excluding ortho intramolecular Hbond substituents is 1. The van der Waals surface area contributed by atoms with Crippen molar-refractivity contribution in [1.29, 1.82) is 0 Å². The summed E-state index contributed by atoms with van der Waals surface area (Å²) in [5.74, 6) is 3.74. The first-order valence-electron chi connectivity index (χ1n) is 9.00. The Morgan fingerprint density at radius 1 is 0.967 bits per heavy atom. The van der Waals surface area contributed by atoms with Crippen LogP contribution in [0.4, 0.5) is 0 Å². The lowest BCUT2D eigenvalue weighted by Gasteiger charge is -2.20. The number of hydrogen-bond acceptors (Lipinski definition) is 7. The average molecular weight is 410 g/mol. The number of methoxy groups -OCH3 is 3. The molecule has 1 heterocycles. The number of terminal acetylenes is 1. The standard InChI is InChI=1S/C23H22O7/c1-7-23(2,3)30-13-8-16(24)21-20(9-13)29-12-15(22(21)25)14-10-18(27-5)19(28-6)11-17(14)26-4/h1,8-12,24H,2-6H3. The van der Waals surface area contributed by atoms with Gasteiger partial charge in [0.05, 0.1) is 26.9 Å². The van der Waals surface area contributed by atoms with Crippen molar-refractivity contribution in [2.75, 3.05) is 21.3 Å². The molecule has 0 bridgehead atoms. The van der Waals surface area contributed by atoms with Gasteiger partial charge in [-0.1, -0.05) is 5.92 Å². The average Bonchev–Trinajstić information content (AvgIpc) is 2.72. The molecular formula is C23H22O7. The van der Waals surface area contributed by atoms with Crippen LogP contribution < -0.4 is 24.4 Å². The lowest BCUT2D eigenvalue weighted by atomic mass is 10.0. The number of rotatable bonds is 6. The van der Waals surface area contributed by atoms with Crippen LogP contribution in [0.3, 0.4) is 0 Å². The van der Waals surface area contributed by atoms with Crippen molar-refractivity contribution in [3.63, 3.8) is 0 Å². The largest absolute Gasteiger partial charge is 0.507 e. The predicted molar refractivity (Wildman–Crippen MR) is 113 cm³/mol. The summed E-state index contributed by atoms with van der Waals surface area (Å²) in [5, 5.41) is 10.5. The number of fused-ring (bicyclic) bond motifs is 1. The summed E-state index contributed by atoms with van der Waals surface area (Å²) in [6.07, 6.45) is 6.74. The van der Waals surface area contributed by atoms with E-state index in [0.717, 1.165) is 0 Å². The van der Waals surface area contributed by atoms with E-state index in [1.807, 2.05) is 0 Å². The Hall–Kier alpha value is -3.79. The molecule has 0 amide bonds. The Bertz CT molecular complexity index is 1200. The van der Waals surface area contributed by atoms with E-state index in [0.29, 0.717) is 22.8 Å². The van der Waals surface area contributed by atoms with Crippen molar-refractivity contribution >= 4 is 11.0 Å². The smallest absolute Gasteiger partial charge is 0.204 e. The second-order valence-corrected chi connectivity index (χ2v) is 6.96. The van der Waals surface area contributed by atoms with Gasteiger partial charge >= 0.3 is 0 Å². The summed E-state index contributed by atoms with van der Waals surface area (Å²) in [6, 6.07) is 6.05. The van der Waals surface area contributed by atoms with Gasteiger partial charge in [-0.05, 0) is 19.9 Å². The van der Waals surface area contributed by atoms with E-state index in [1.54, 1.807) is 26.0 Å². The molecule has 0 unspecified atom stereocenters. The van der Waals surface area contributed by atoms with Gasteiger partial charge in [0, 0.05) is 23.8 Å². The monoisotopic (exact) mass is 410 g/mol. The zero-order valence-corrected chi connectivity index (χ0v) is 17.4. The fourth-order valence-corrected chi connectivity index (χ4v) is 3.02. The lowest BCUT2D eigenvalue weighted by Crippen LogP contribution is -2.25. The maximum absolute atomic E-state index is 13.2. The molecule has 7 heteroatoms. The minimum atomic E-state index is -0.895. The SMILES string of the molecule is C#CC(C)(C)Oc1cc(O)c2c(=O)c(-c3cc(OC)c(OC)cc3OC)coc2c1. The summed E-state index contributed by atoms with van der Waals surface area (Å²) in [7, 11) is 4.46. The fraction of sp³-hybridized carbons (Fsp3) is 0.261. The molecule has 0 aliphatic carbocycles. The number of benzene rings is 2. The van der Waals surface area contributed by atoms with Crippen LogP contribution in [-0.2, 0) is 0 Å². The van der Waals surface area contributed by atoms with Crippen LogP contribution in [0.15, 0.2) is 39.7 Å². The van der Waals surface area contributed by atoms with Gasteiger partial charge in [-0.2, -0.15) is 0 Å². The molecule has 0 aliphatic rings. The molecular weight excluding hydrogens is 388 g/mol. The second-order valence-electron chi connectivity index (χ2n) is 6.96. The summed E-state index contributed by atoms with van der Waals surface area (Å²) >= 11 is 0. The first kappa shape index (κ1) is 20.9. The highest BCUT2D eigenvalue weighted by Gasteiger charge is 2.21. The Kier molecular flexibility index (Phi) is 5.52.